The van der Waals surface area contributed by atoms with Crippen LogP contribution in [0.4, 0.5) is 11.4 Å². The minimum atomic E-state index is -0.523. The van der Waals surface area contributed by atoms with Gasteiger partial charge in [-0.3, -0.25) is 14.9 Å². The number of rotatable bonds is 4. The van der Waals surface area contributed by atoms with Gasteiger partial charge in [0.25, 0.3) is 12.2 Å². The number of nitro groups is 1. The number of nitro benzene ring substituents is 1. The van der Waals surface area contributed by atoms with E-state index >= 15 is 0 Å². The monoisotopic (exact) mass is 318 g/mol. The summed E-state index contributed by atoms with van der Waals surface area (Å²) in [5.41, 5.74) is 2.43. The summed E-state index contributed by atoms with van der Waals surface area (Å²) >= 11 is 0. The Morgan fingerprint density at radius 3 is 1.96 bits per heavy atom. The lowest BCUT2D eigenvalue weighted by Crippen LogP contribution is -1.90. The van der Waals surface area contributed by atoms with Gasteiger partial charge in [0.15, 0.2) is 0 Å². The first-order valence-electron chi connectivity index (χ1n) is 7.16. The SMILES string of the molecule is CC.CNc1ccc(C)cc1.O=COc1ccc([N+](=O)[O-])cc1. The Labute approximate surface area is 136 Å². The van der Waals surface area contributed by atoms with Crippen molar-refractivity contribution in [1.29, 1.82) is 0 Å². The maximum absolute atomic E-state index is 10.2. The third kappa shape index (κ3) is 8.21. The van der Waals surface area contributed by atoms with E-state index in [9.17, 15) is 14.9 Å². The van der Waals surface area contributed by atoms with Crippen LogP contribution in [0, 0.1) is 17.0 Å². The van der Waals surface area contributed by atoms with Crippen molar-refractivity contribution in [3.63, 3.8) is 0 Å². The first kappa shape index (κ1) is 20.1. The predicted molar refractivity (Wildman–Crippen MR) is 91.9 cm³/mol. The van der Waals surface area contributed by atoms with E-state index in [1.54, 1.807) is 0 Å². The third-order valence-corrected chi connectivity index (χ3v) is 2.57. The zero-order valence-corrected chi connectivity index (χ0v) is 13.8. The molecular formula is C17H22N2O4. The third-order valence-electron chi connectivity index (χ3n) is 2.57. The van der Waals surface area contributed by atoms with Gasteiger partial charge in [0.05, 0.1) is 4.92 Å². The average molecular weight is 318 g/mol. The van der Waals surface area contributed by atoms with Gasteiger partial charge in [0.1, 0.15) is 5.75 Å². The molecule has 2 rings (SSSR count). The van der Waals surface area contributed by atoms with Crippen molar-refractivity contribution in [2.45, 2.75) is 20.8 Å². The second-order valence-corrected chi connectivity index (χ2v) is 4.08. The summed E-state index contributed by atoms with van der Waals surface area (Å²) in [4.78, 5) is 19.5. The molecule has 23 heavy (non-hydrogen) atoms. The number of nitrogens with zero attached hydrogens (tertiary/aromatic N) is 1. The minimum absolute atomic E-state index is 0.0340. The molecule has 0 radical (unpaired) electrons. The molecule has 0 amide bonds. The van der Waals surface area contributed by atoms with E-state index in [0.29, 0.717) is 0 Å². The van der Waals surface area contributed by atoms with Crippen molar-refractivity contribution in [1.82, 2.24) is 0 Å². The quantitative estimate of drug-likeness (QED) is 0.519. The van der Waals surface area contributed by atoms with Crippen LogP contribution in [0.3, 0.4) is 0 Å². The van der Waals surface area contributed by atoms with E-state index in [1.807, 2.05) is 20.9 Å². The molecule has 0 fully saturated rings. The lowest BCUT2D eigenvalue weighted by atomic mass is 10.2. The Morgan fingerprint density at radius 2 is 1.57 bits per heavy atom. The Balaban J connectivity index is 0.000000392. The van der Waals surface area contributed by atoms with E-state index in [2.05, 4.69) is 41.2 Å². The lowest BCUT2D eigenvalue weighted by molar-refractivity contribution is -0.384. The van der Waals surface area contributed by atoms with Crippen molar-refractivity contribution in [2.24, 2.45) is 0 Å². The number of benzene rings is 2. The van der Waals surface area contributed by atoms with Crippen LogP contribution in [0.15, 0.2) is 48.5 Å². The first-order valence-corrected chi connectivity index (χ1v) is 7.16. The maximum atomic E-state index is 10.2. The van der Waals surface area contributed by atoms with Crippen LogP contribution in [0.25, 0.3) is 0 Å². The topological polar surface area (TPSA) is 81.5 Å². The molecule has 0 spiro atoms. The van der Waals surface area contributed by atoms with Crippen molar-refractivity contribution in [2.75, 3.05) is 12.4 Å². The van der Waals surface area contributed by atoms with Crippen LogP contribution < -0.4 is 10.1 Å². The summed E-state index contributed by atoms with van der Waals surface area (Å²) in [6.07, 6.45) is 0. The van der Waals surface area contributed by atoms with E-state index in [4.69, 9.17) is 0 Å². The molecule has 6 nitrogen and oxygen atoms in total. The Morgan fingerprint density at radius 1 is 1.04 bits per heavy atom. The van der Waals surface area contributed by atoms with Crippen LogP contribution in [0.2, 0.25) is 0 Å². The van der Waals surface area contributed by atoms with Gasteiger partial charge >= 0.3 is 0 Å². The summed E-state index contributed by atoms with van der Waals surface area (Å²) in [6.45, 7) is 6.35. The van der Waals surface area contributed by atoms with E-state index < -0.39 is 4.92 Å². The summed E-state index contributed by atoms with van der Waals surface area (Å²) in [6, 6.07) is 13.5. The van der Waals surface area contributed by atoms with Crippen LogP contribution >= 0.6 is 0 Å². The van der Waals surface area contributed by atoms with E-state index in [1.165, 1.54) is 35.5 Å². The fourth-order valence-corrected chi connectivity index (χ4v) is 1.42. The van der Waals surface area contributed by atoms with Crippen LogP contribution in [0.5, 0.6) is 5.75 Å². The molecule has 0 saturated carbocycles. The van der Waals surface area contributed by atoms with Crippen molar-refractivity contribution in [3.8, 4) is 5.75 Å². The molecule has 0 aromatic heterocycles. The number of nitrogens with one attached hydrogen (secondary N) is 1. The van der Waals surface area contributed by atoms with E-state index in [0.717, 1.165) is 0 Å². The number of carbonyl (C=O) groups is 1. The summed E-state index contributed by atoms with van der Waals surface area (Å²) in [5, 5.41) is 13.2. The van der Waals surface area contributed by atoms with Crippen molar-refractivity contribution >= 4 is 17.8 Å². The highest BCUT2D eigenvalue weighted by Gasteiger charge is 2.03. The molecule has 0 aliphatic heterocycles. The molecule has 6 heteroatoms. The lowest BCUT2D eigenvalue weighted by Gasteiger charge is -1.97. The molecular weight excluding hydrogens is 296 g/mol. The van der Waals surface area contributed by atoms with Gasteiger partial charge in [-0.05, 0) is 31.2 Å². The smallest absolute Gasteiger partial charge is 0.298 e. The van der Waals surface area contributed by atoms with Gasteiger partial charge < -0.3 is 10.1 Å². The van der Waals surface area contributed by atoms with Gasteiger partial charge in [-0.25, -0.2) is 0 Å². The highest BCUT2D eigenvalue weighted by atomic mass is 16.6. The molecule has 0 aliphatic carbocycles. The molecule has 0 heterocycles. The molecule has 0 saturated heterocycles. The van der Waals surface area contributed by atoms with Crippen molar-refractivity contribution < 1.29 is 14.5 Å². The maximum Gasteiger partial charge on any atom is 0.298 e. The number of hydrogen-bond donors (Lipinski definition) is 1. The van der Waals surface area contributed by atoms with Gasteiger partial charge in [0.2, 0.25) is 0 Å². The first-order chi connectivity index (χ1) is 11.1. The second kappa shape index (κ2) is 11.7. The van der Waals surface area contributed by atoms with Gasteiger partial charge in [0, 0.05) is 24.9 Å². The molecule has 0 atom stereocenters. The van der Waals surface area contributed by atoms with Gasteiger partial charge in [-0.1, -0.05) is 31.5 Å². The Hall–Kier alpha value is -2.89. The van der Waals surface area contributed by atoms with Gasteiger partial charge in [-0.2, -0.15) is 0 Å². The second-order valence-electron chi connectivity index (χ2n) is 4.08. The van der Waals surface area contributed by atoms with E-state index in [-0.39, 0.29) is 17.9 Å². The summed E-state index contributed by atoms with van der Waals surface area (Å²) in [7, 11) is 1.92. The molecule has 0 aliphatic rings. The van der Waals surface area contributed by atoms with Gasteiger partial charge in [-0.15, -0.1) is 0 Å². The molecule has 1 N–H and O–H groups in total. The summed E-state index contributed by atoms with van der Waals surface area (Å²) in [5.74, 6) is 0.288. The Kier molecular flexibility index (Phi) is 10.3. The summed E-state index contributed by atoms with van der Waals surface area (Å²) < 4.78 is 4.44. The highest BCUT2D eigenvalue weighted by molar-refractivity contribution is 5.46. The fourth-order valence-electron chi connectivity index (χ4n) is 1.42. The standard InChI is InChI=1S/C8H11N.C7H5NO4.C2H6/c1-7-3-5-8(9-2)6-4-7;9-5-12-7-3-1-6(2-4-7)8(10)11;1-2/h3-6,9H,1-2H3;1-5H;1-2H3. The molecule has 2 aromatic carbocycles. The molecule has 2 aromatic rings. The van der Waals surface area contributed by atoms with Crippen LogP contribution in [-0.4, -0.2) is 18.4 Å². The molecule has 0 unspecified atom stereocenters. The number of non-ortho nitro benzene ring substituents is 1. The number of aryl methyl sites for hydroxylation is 1. The predicted octanol–water partition coefficient (Wildman–Crippen LogP) is 4.19. The number of hydrogen-bond acceptors (Lipinski definition) is 5. The normalized spacial score (nSPS) is 8.52. The number of anilines is 1. The minimum Gasteiger partial charge on any atom is -0.429 e. The average Bonchev–Trinajstić information content (AvgIpc) is 2.59. The number of carbonyl (C=O) groups excluding carboxylic acids is 1. The fraction of sp³-hybridized carbons (Fsp3) is 0.235. The number of ether oxygens (including phenoxy) is 1. The van der Waals surface area contributed by atoms with Crippen LogP contribution in [0.1, 0.15) is 19.4 Å². The van der Waals surface area contributed by atoms with Crippen LogP contribution in [-0.2, 0) is 4.79 Å². The van der Waals surface area contributed by atoms with Crippen molar-refractivity contribution in [3.05, 3.63) is 64.2 Å². The zero-order valence-electron chi connectivity index (χ0n) is 13.8. The molecule has 124 valence electrons. The highest BCUT2D eigenvalue weighted by Crippen LogP contribution is 2.16. The zero-order chi connectivity index (χ0) is 17.7. The molecule has 0 bridgehead atoms. The largest absolute Gasteiger partial charge is 0.429 e. The Bertz CT molecular complexity index is 581.